The van der Waals surface area contributed by atoms with E-state index in [2.05, 4.69) is 10.3 Å². The van der Waals surface area contributed by atoms with Crippen LogP contribution < -0.4 is 5.32 Å². The van der Waals surface area contributed by atoms with Crippen molar-refractivity contribution in [1.82, 2.24) is 4.98 Å². The Bertz CT molecular complexity index is 658. The van der Waals surface area contributed by atoms with Gasteiger partial charge in [0.25, 0.3) is 5.91 Å². The molecule has 0 fully saturated rings. The number of amides is 1. The molecule has 2 N–H and O–H groups in total. The number of aromatic nitrogens is 1. The van der Waals surface area contributed by atoms with Gasteiger partial charge in [-0.3, -0.25) is 4.79 Å². The lowest BCUT2D eigenvalue weighted by Crippen LogP contribution is -2.14. The lowest BCUT2D eigenvalue weighted by atomic mass is 10.2. The van der Waals surface area contributed by atoms with E-state index < -0.39 is 5.97 Å². The number of thioether (sulfide) groups is 1. The molecular weight excluding hydrogens is 276 g/mol. The van der Waals surface area contributed by atoms with Gasteiger partial charge in [0.2, 0.25) is 0 Å². The minimum atomic E-state index is -1.03. The zero-order valence-corrected chi connectivity index (χ0v) is 11.5. The highest BCUT2D eigenvalue weighted by Crippen LogP contribution is 2.19. The van der Waals surface area contributed by atoms with Crippen molar-refractivity contribution in [2.45, 2.75) is 5.03 Å². The van der Waals surface area contributed by atoms with Crippen molar-refractivity contribution in [1.29, 1.82) is 0 Å². The fourth-order valence-corrected chi connectivity index (χ4v) is 2.20. The van der Waals surface area contributed by atoms with E-state index in [0.29, 0.717) is 16.3 Å². The molecule has 6 heteroatoms. The number of nitrogens with zero attached hydrogens (tertiary/aromatic N) is 1. The average Bonchev–Trinajstić information content (AvgIpc) is 2.47. The highest BCUT2D eigenvalue weighted by molar-refractivity contribution is 7.98. The van der Waals surface area contributed by atoms with E-state index in [-0.39, 0.29) is 11.5 Å². The first-order chi connectivity index (χ1) is 9.61. The maximum atomic E-state index is 12.2. The fraction of sp³-hybridized carbons (Fsp3) is 0.0714. The number of pyridine rings is 1. The zero-order valence-electron chi connectivity index (χ0n) is 10.7. The monoisotopic (exact) mass is 288 g/mol. The fourth-order valence-electron chi connectivity index (χ4n) is 1.65. The Morgan fingerprint density at radius 2 is 2.05 bits per heavy atom. The van der Waals surface area contributed by atoms with Crippen LogP contribution in [0.25, 0.3) is 0 Å². The molecule has 0 atom stereocenters. The molecule has 1 aromatic heterocycles. The Morgan fingerprint density at radius 3 is 2.75 bits per heavy atom. The van der Waals surface area contributed by atoms with Gasteiger partial charge in [0.05, 0.1) is 11.1 Å². The number of carbonyl (C=O) groups is 2. The molecule has 1 aromatic carbocycles. The standard InChI is InChI=1S/C14H12N2O3S/c1-20-13-11(6-3-7-15-13)12(17)16-10-5-2-4-9(8-10)14(18)19/h2-8H,1H3,(H,16,17)(H,18,19). The summed E-state index contributed by atoms with van der Waals surface area (Å²) in [6, 6.07) is 9.46. The molecule has 1 heterocycles. The molecule has 0 aliphatic rings. The third-order valence-electron chi connectivity index (χ3n) is 2.58. The van der Waals surface area contributed by atoms with Crippen molar-refractivity contribution >= 4 is 29.3 Å². The van der Waals surface area contributed by atoms with Crippen molar-refractivity contribution < 1.29 is 14.7 Å². The van der Waals surface area contributed by atoms with Crippen LogP contribution in [-0.4, -0.2) is 28.2 Å². The first kappa shape index (κ1) is 14.1. The molecule has 5 nitrogen and oxygen atoms in total. The van der Waals surface area contributed by atoms with Crippen molar-refractivity contribution in [3.8, 4) is 0 Å². The van der Waals surface area contributed by atoms with E-state index >= 15 is 0 Å². The van der Waals surface area contributed by atoms with Crippen LogP contribution >= 0.6 is 11.8 Å². The minimum Gasteiger partial charge on any atom is -0.478 e. The topological polar surface area (TPSA) is 79.3 Å². The second-order valence-electron chi connectivity index (χ2n) is 3.90. The van der Waals surface area contributed by atoms with Gasteiger partial charge in [-0.25, -0.2) is 9.78 Å². The van der Waals surface area contributed by atoms with Crippen LogP contribution in [0.2, 0.25) is 0 Å². The molecule has 0 bridgehead atoms. The number of carbonyl (C=O) groups excluding carboxylic acids is 1. The van der Waals surface area contributed by atoms with Crippen molar-refractivity contribution in [2.75, 3.05) is 11.6 Å². The lowest BCUT2D eigenvalue weighted by molar-refractivity contribution is 0.0696. The van der Waals surface area contributed by atoms with Gasteiger partial charge in [-0.1, -0.05) is 6.07 Å². The molecule has 0 saturated carbocycles. The third kappa shape index (κ3) is 3.16. The molecule has 0 aliphatic heterocycles. The van der Waals surface area contributed by atoms with Crippen LogP contribution in [0.5, 0.6) is 0 Å². The highest BCUT2D eigenvalue weighted by Gasteiger charge is 2.12. The summed E-state index contributed by atoms with van der Waals surface area (Å²) < 4.78 is 0. The van der Waals surface area contributed by atoms with E-state index in [1.54, 1.807) is 30.5 Å². The summed E-state index contributed by atoms with van der Waals surface area (Å²) in [5, 5.41) is 12.2. The summed E-state index contributed by atoms with van der Waals surface area (Å²) in [5.41, 5.74) is 1.02. The number of aromatic carboxylic acids is 1. The number of nitrogens with one attached hydrogen (secondary N) is 1. The van der Waals surface area contributed by atoms with Crippen LogP contribution in [0.15, 0.2) is 47.6 Å². The summed E-state index contributed by atoms with van der Waals surface area (Å²) in [6.45, 7) is 0. The van der Waals surface area contributed by atoms with Crippen molar-refractivity contribution in [3.63, 3.8) is 0 Å². The number of anilines is 1. The maximum absolute atomic E-state index is 12.2. The predicted molar refractivity (Wildman–Crippen MR) is 77.4 cm³/mol. The minimum absolute atomic E-state index is 0.124. The van der Waals surface area contributed by atoms with Gasteiger partial charge in [-0.15, -0.1) is 11.8 Å². The number of hydrogen-bond acceptors (Lipinski definition) is 4. The molecule has 20 heavy (non-hydrogen) atoms. The van der Waals surface area contributed by atoms with E-state index in [9.17, 15) is 9.59 Å². The van der Waals surface area contributed by atoms with E-state index in [1.807, 2.05) is 6.26 Å². The number of carboxylic acid groups (broad SMARTS) is 1. The SMILES string of the molecule is CSc1ncccc1C(=O)Nc1cccc(C(=O)O)c1. The molecule has 102 valence electrons. The van der Waals surface area contributed by atoms with Gasteiger partial charge in [-0.2, -0.15) is 0 Å². The molecule has 0 spiro atoms. The molecule has 2 rings (SSSR count). The summed E-state index contributed by atoms with van der Waals surface area (Å²) in [7, 11) is 0. The Labute approximate surface area is 120 Å². The van der Waals surface area contributed by atoms with Crippen LogP contribution in [0.3, 0.4) is 0 Å². The Hall–Kier alpha value is -2.34. The first-order valence-electron chi connectivity index (χ1n) is 5.75. The molecule has 0 unspecified atom stereocenters. The van der Waals surface area contributed by atoms with Crippen LogP contribution in [0, 0.1) is 0 Å². The quantitative estimate of drug-likeness (QED) is 0.846. The predicted octanol–water partition coefficient (Wildman–Crippen LogP) is 2.75. The van der Waals surface area contributed by atoms with Crippen LogP contribution in [0.4, 0.5) is 5.69 Å². The van der Waals surface area contributed by atoms with Gasteiger partial charge < -0.3 is 10.4 Å². The van der Waals surface area contributed by atoms with Gasteiger partial charge >= 0.3 is 5.97 Å². The Balaban J connectivity index is 2.23. The van der Waals surface area contributed by atoms with E-state index in [0.717, 1.165) is 0 Å². The molecule has 0 saturated heterocycles. The zero-order chi connectivity index (χ0) is 14.5. The summed E-state index contributed by atoms with van der Waals surface area (Å²) in [5.74, 6) is -1.35. The number of benzene rings is 1. The largest absolute Gasteiger partial charge is 0.478 e. The van der Waals surface area contributed by atoms with Crippen molar-refractivity contribution in [3.05, 3.63) is 53.7 Å². The number of rotatable bonds is 4. The van der Waals surface area contributed by atoms with E-state index in [4.69, 9.17) is 5.11 Å². The first-order valence-corrected chi connectivity index (χ1v) is 6.98. The Kier molecular flexibility index (Phi) is 4.37. The summed E-state index contributed by atoms with van der Waals surface area (Å²) >= 11 is 1.38. The smallest absolute Gasteiger partial charge is 0.335 e. The van der Waals surface area contributed by atoms with Crippen LogP contribution in [-0.2, 0) is 0 Å². The number of carboxylic acids is 1. The normalized spacial score (nSPS) is 10.1. The molecule has 0 aliphatic carbocycles. The van der Waals surface area contributed by atoms with Crippen molar-refractivity contribution in [2.24, 2.45) is 0 Å². The molecule has 1 amide bonds. The molecule has 0 radical (unpaired) electrons. The second-order valence-corrected chi connectivity index (χ2v) is 4.70. The molecule has 2 aromatic rings. The number of hydrogen-bond donors (Lipinski definition) is 2. The van der Waals surface area contributed by atoms with Gasteiger partial charge in [0, 0.05) is 11.9 Å². The molecular formula is C14H12N2O3S. The van der Waals surface area contributed by atoms with Crippen LogP contribution in [0.1, 0.15) is 20.7 Å². The lowest BCUT2D eigenvalue weighted by Gasteiger charge is -2.08. The second kappa shape index (κ2) is 6.21. The Morgan fingerprint density at radius 1 is 1.25 bits per heavy atom. The van der Waals surface area contributed by atoms with Gasteiger partial charge in [0.1, 0.15) is 5.03 Å². The summed E-state index contributed by atoms with van der Waals surface area (Å²) in [4.78, 5) is 27.2. The van der Waals surface area contributed by atoms with Gasteiger partial charge in [-0.05, 0) is 36.6 Å². The van der Waals surface area contributed by atoms with Gasteiger partial charge in [0.15, 0.2) is 0 Å². The van der Waals surface area contributed by atoms with E-state index in [1.165, 1.54) is 23.9 Å². The highest BCUT2D eigenvalue weighted by atomic mass is 32.2. The summed E-state index contributed by atoms with van der Waals surface area (Å²) in [6.07, 6.45) is 3.46. The average molecular weight is 288 g/mol. The maximum Gasteiger partial charge on any atom is 0.335 e. The third-order valence-corrected chi connectivity index (χ3v) is 3.29.